The van der Waals surface area contributed by atoms with Gasteiger partial charge in [0.15, 0.2) is 0 Å². The fourth-order valence-corrected chi connectivity index (χ4v) is 3.99. The van der Waals surface area contributed by atoms with Crippen LogP contribution in [0.4, 0.5) is 10.4 Å². The zero-order valence-corrected chi connectivity index (χ0v) is 13.3. The zero-order valence-electron chi connectivity index (χ0n) is 10.8. The molecule has 0 aliphatic rings. The molecular formula is C15H12ClN3Se. The van der Waals surface area contributed by atoms with E-state index >= 15 is 0 Å². The summed E-state index contributed by atoms with van der Waals surface area (Å²) in [7, 11) is 0. The van der Waals surface area contributed by atoms with E-state index in [9.17, 15) is 0 Å². The van der Waals surface area contributed by atoms with Crippen LogP contribution in [0.1, 0.15) is 5.69 Å². The molecule has 5 heteroatoms. The maximum atomic E-state index is 5.88. The maximum absolute atomic E-state index is 5.88. The number of benzene rings is 1. The van der Waals surface area contributed by atoms with Crippen molar-refractivity contribution in [2.24, 2.45) is 0 Å². The Morgan fingerprint density at radius 3 is 2.60 bits per heavy atom. The van der Waals surface area contributed by atoms with Crippen LogP contribution >= 0.6 is 11.6 Å². The van der Waals surface area contributed by atoms with Crippen LogP contribution in [0.25, 0.3) is 10.1 Å². The number of hydrogen-bond acceptors (Lipinski definition) is 3. The minimum atomic E-state index is 0.151. The van der Waals surface area contributed by atoms with Gasteiger partial charge in [-0.3, -0.25) is 0 Å². The van der Waals surface area contributed by atoms with Gasteiger partial charge in [0.2, 0.25) is 0 Å². The van der Waals surface area contributed by atoms with Gasteiger partial charge in [-0.1, -0.05) is 0 Å². The minimum absolute atomic E-state index is 0.151. The van der Waals surface area contributed by atoms with Crippen molar-refractivity contribution in [1.29, 1.82) is 0 Å². The second kappa shape index (κ2) is 5.80. The van der Waals surface area contributed by atoms with Gasteiger partial charge < -0.3 is 0 Å². The third-order valence-electron chi connectivity index (χ3n) is 2.79. The number of nitrogens with one attached hydrogen (secondary N) is 1. The van der Waals surface area contributed by atoms with Crippen molar-refractivity contribution < 1.29 is 0 Å². The predicted molar refractivity (Wildman–Crippen MR) is 83.9 cm³/mol. The molecule has 0 radical (unpaired) electrons. The Hall–Kier alpha value is -1.61. The van der Waals surface area contributed by atoms with Gasteiger partial charge in [0.25, 0.3) is 0 Å². The van der Waals surface area contributed by atoms with Gasteiger partial charge in [-0.25, -0.2) is 0 Å². The summed E-state index contributed by atoms with van der Waals surface area (Å²) < 4.78 is 2.23. The van der Waals surface area contributed by atoms with E-state index < -0.39 is 0 Å². The Balaban J connectivity index is 1.87. The zero-order chi connectivity index (χ0) is 13.9. The van der Waals surface area contributed by atoms with Gasteiger partial charge in [0, 0.05) is 0 Å². The summed E-state index contributed by atoms with van der Waals surface area (Å²) in [6, 6.07) is 13.6. The molecule has 100 valence electrons. The Labute approximate surface area is 128 Å². The third-order valence-corrected chi connectivity index (χ3v) is 5.34. The fraction of sp³-hybridized carbons (Fsp3) is 0.0667. The monoisotopic (exact) mass is 349 g/mol. The molecule has 2 heterocycles. The number of aryl methyl sites for hydroxylation is 1. The van der Waals surface area contributed by atoms with E-state index in [1.165, 1.54) is 4.44 Å². The second-order valence-electron chi connectivity index (χ2n) is 4.28. The average Bonchev–Trinajstić information content (AvgIpc) is 2.83. The molecule has 0 bridgehead atoms. The molecule has 0 saturated carbocycles. The molecule has 3 aromatic rings. The number of hydrogen-bond donors (Lipinski definition) is 1. The Bertz CT molecular complexity index is 708. The van der Waals surface area contributed by atoms with Crippen LogP contribution in [-0.4, -0.2) is 24.5 Å². The number of anilines is 2. The molecule has 0 amide bonds. The van der Waals surface area contributed by atoms with Crippen molar-refractivity contribution in [3.8, 4) is 10.1 Å². The first-order chi connectivity index (χ1) is 9.72. The van der Waals surface area contributed by atoms with Gasteiger partial charge in [0.05, 0.1) is 0 Å². The van der Waals surface area contributed by atoms with E-state index in [1.54, 1.807) is 0 Å². The fourth-order valence-electron chi connectivity index (χ4n) is 1.84. The number of rotatable bonds is 3. The molecule has 20 heavy (non-hydrogen) atoms. The number of pyridine rings is 1. The van der Waals surface area contributed by atoms with Crippen LogP contribution in [0, 0.1) is 6.92 Å². The molecule has 0 aliphatic heterocycles. The SMILES string of the molecule is Cc1nc(Nc2ccc(Cl)cc2)[se]c1-c1ccccn1. The van der Waals surface area contributed by atoms with E-state index in [2.05, 4.69) is 15.3 Å². The predicted octanol–water partition coefficient (Wildman–Crippen LogP) is 3.91. The summed E-state index contributed by atoms with van der Waals surface area (Å²) in [5.74, 6) is 0. The first-order valence-electron chi connectivity index (χ1n) is 6.14. The standard InChI is InChI=1S/C15H12ClN3Se/c1-10-14(13-4-2-3-9-17-13)20-15(18-10)19-12-7-5-11(16)6-8-12/h2-9H,1H3,(H,18,19). The van der Waals surface area contributed by atoms with Crippen molar-refractivity contribution in [3.63, 3.8) is 0 Å². The summed E-state index contributed by atoms with van der Waals surface area (Å²) >= 11 is 6.03. The van der Waals surface area contributed by atoms with Crippen LogP contribution in [0.2, 0.25) is 5.02 Å². The van der Waals surface area contributed by atoms with Crippen molar-refractivity contribution >= 4 is 36.5 Å². The van der Waals surface area contributed by atoms with Crippen molar-refractivity contribution in [3.05, 3.63) is 59.4 Å². The normalized spacial score (nSPS) is 10.5. The summed E-state index contributed by atoms with van der Waals surface area (Å²) in [5.41, 5.74) is 3.06. The summed E-state index contributed by atoms with van der Waals surface area (Å²) in [6.07, 6.45) is 1.82. The molecule has 0 unspecified atom stereocenters. The molecule has 3 nitrogen and oxygen atoms in total. The molecule has 0 aliphatic carbocycles. The van der Waals surface area contributed by atoms with Gasteiger partial charge in [-0.05, 0) is 0 Å². The van der Waals surface area contributed by atoms with E-state index in [-0.39, 0.29) is 14.5 Å². The molecule has 1 aromatic carbocycles. The van der Waals surface area contributed by atoms with Gasteiger partial charge in [-0.2, -0.15) is 0 Å². The van der Waals surface area contributed by atoms with Crippen LogP contribution < -0.4 is 5.32 Å². The first-order valence-corrected chi connectivity index (χ1v) is 8.23. The van der Waals surface area contributed by atoms with Gasteiger partial charge >= 0.3 is 128 Å². The summed E-state index contributed by atoms with van der Waals surface area (Å²) in [6.45, 7) is 2.03. The van der Waals surface area contributed by atoms with Crippen LogP contribution in [0.15, 0.2) is 48.7 Å². The summed E-state index contributed by atoms with van der Waals surface area (Å²) in [4.78, 5) is 9.01. The molecule has 0 fully saturated rings. The molecule has 3 rings (SSSR count). The van der Waals surface area contributed by atoms with Crippen molar-refractivity contribution in [1.82, 2.24) is 9.97 Å². The first kappa shape index (κ1) is 13.4. The van der Waals surface area contributed by atoms with Crippen molar-refractivity contribution in [2.45, 2.75) is 6.92 Å². The second-order valence-corrected chi connectivity index (χ2v) is 6.81. The third kappa shape index (κ3) is 2.93. The molecule has 2 aromatic heterocycles. The van der Waals surface area contributed by atoms with Crippen molar-refractivity contribution in [2.75, 3.05) is 5.32 Å². The van der Waals surface area contributed by atoms with Gasteiger partial charge in [0.1, 0.15) is 0 Å². The quantitative estimate of drug-likeness (QED) is 0.729. The van der Waals surface area contributed by atoms with Crippen LogP contribution in [0.3, 0.4) is 0 Å². The molecular weight excluding hydrogens is 337 g/mol. The van der Waals surface area contributed by atoms with E-state index in [4.69, 9.17) is 11.6 Å². The Kier molecular flexibility index (Phi) is 3.88. The van der Waals surface area contributed by atoms with Crippen LogP contribution in [0.5, 0.6) is 0 Å². The molecule has 0 spiro atoms. The molecule has 0 saturated heterocycles. The van der Waals surface area contributed by atoms with E-state index in [1.807, 2.05) is 55.6 Å². The molecule has 1 N–H and O–H groups in total. The van der Waals surface area contributed by atoms with E-state index in [0.29, 0.717) is 0 Å². The van der Waals surface area contributed by atoms with Crippen LogP contribution in [-0.2, 0) is 0 Å². The average molecular weight is 349 g/mol. The Morgan fingerprint density at radius 2 is 1.90 bits per heavy atom. The Morgan fingerprint density at radius 1 is 1.10 bits per heavy atom. The van der Waals surface area contributed by atoms with E-state index in [0.717, 1.165) is 26.8 Å². The number of halogens is 1. The number of aromatic nitrogens is 2. The summed E-state index contributed by atoms with van der Waals surface area (Å²) in [5, 5.41) is 4.08. The molecule has 0 atom stereocenters. The van der Waals surface area contributed by atoms with Gasteiger partial charge in [-0.15, -0.1) is 0 Å². The topological polar surface area (TPSA) is 37.8 Å². The number of nitrogens with zero attached hydrogens (tertiary/aromatic N) is 2.